The van der Waals surface area contributed by atoms with Crippen LogP contribution in [0.1, 0.15) is 90.9 Å². The van der Waals surface area contributed by atoms with E-state index in [0.29, 0.717) is 64.5 Å². The van der Waals surface area contributed by atoms with Gasteiger partial charge in [-0.2, -0.15) is 0 Å². The number of rotatable bonds is 15. The molecule has 2 heterocycles. The molecule has 0 fully saturated rings. The average molecular weight is 818 g/mol. The van der Waals surface area contributed by atoms with Crippen molar-refractivity contribution >= 4 is 75.0 Å². The van der Waals surface area contributed by atoms with E-state index in [4.69, 9.17) is 4.99 Å². The summed E-state index contributed by atoms with van der Waals surface area (Å²) in [5.41, 5.74) is 0.0129. The van der Waals surface area contributed by atoms with Crippen LogP contribution in [0.4, 0.5) is 5.69 Å². The van der Waals surface area contributed by atoms with E-state index in [1.807, 2.05) is 30.3 Å². The van der Waals surface area contributed by atoms with Gasteiger partial charge in [0.25, 0.3) is 16.7 Å². The van der Waals surface area contributed by atoms with Gasteiger partial charge < -0.3 is 5.11 Å². The summed E-state index contributed by atoms with van der Waals surface area (Å²) in [5.74, 6) is -0.220. The predicted octanol–water partition coefficient (Wildman–Crippen LogP) is 9.60. The van der Waals surface area contributed by atoms with Gasteiger partial charge in [-0.3, -0.25) is 23.5 Å². The van der Waals surface area contributed by atoms with Gasteiger partial charge >= 0.3 is 0 Å². The largest absolute Gasteiger partial charge is 0.494 e. The number of aromatic hydroxyl groups is 1. The van der Waals surface area contributed by atoms with Crippen LogP contribution in [-0.2, 0) is 13.1 Å². The Hall–Kier alpha value is -2.56. The van der Waals surface area contributed by atoms with Crippen LogP contribution in [0.15, 0.2) is 63.1 Å². The minimum atomic E-state index is -0.435. The molecule has 0 bridgehead atoms. The predicted molar refractivity (Wildman–Crippen MR) is 198 cm³/mol. The van der Waals surface area contributed by atoms with E-state index in [9.17, 15) is 19.5 Å². The first-order valence-electron chi connectivity index (χ1n) is 16.5. The average Bonchev–Trinajstić information content (AvgIpc) is 3.04. The Morgan fingerprint density at radius 1 is 0.587 bits per heavy atom. The third-order valence-electron chi connectivity index (χ3n) is 8.87. The summed E-state index contributed by atoms with van der Waals surface area (Å²) in [7, 11) is 0. The number of unbranched alkanes of at least 4 members (excludes halogenated alkanes) is 10. The highest BCUT2D eigenvalue weighted by atomic mass is 79.9. The fraction of sp³-hybridized carbons (Fsp3) is 0.444. The van der Waals surface area contributed by atoms with Gasteiger partial charge in [-0.25, -0.2) is 4.99 Å². The van der Waals surface area contributed by atoms with E-state index < -0.39 is 11.1 Å². The normalized spacial score (nSPS) is 12.4. The maximum absolute atomic E-state index is 14.2. The molecule has 1 aliphatic heterocycles. The molecule has 244 valence electrons. The lowest BCUT2D eigenvalue weighted by Gasteiger charge is -2.23. The number of hydrogen-bond acceptors (Lipinski definition) is 5. The summed E-state index contributed by atoms with van der Waals surface area (Å²) in [6, 6.07) is 9.30. The van der Waals surface area contributed by atoms with E-state index in [0.717, 1.165) is 57.8 Å². The second kappa shape index (κ2) is 15.6. The molecule has 46 heavy (non-hydrogen) atoms. The van der Waals surface area contributed by atoms with E-state index in [2.05, 4.69) is 61.6 Å². The van der Waals surface area contributed by atoms with Gasteiger partial charge in [0.15, 0.2) is 0 Å². The van der Waals surface area contributed by atoms with Crippen LogP contribution in [0, 0.1) is 0 Å². The molecule has 10 heteroatoms. The third-order valence-corrected chi connectivity index (χ3v) is 11.8. The molecular formula is C36H40Br3N3O4. The Kier molecular flexibility index (Phi) is 11.8. The van der Waals surface area contributed by atoms with Crippen molar-refractivity contribution in [3.05, 3.63) is 80.2 Å². The zero-order valence-corrected chi connectivity index (χ0v) is 31.2. The number of halogens is 3. The Labute approximate surface area is 293 Å². The van der Waals surface area contributed by atoms with E-state index in [1.54, 1.807) is 0 Å². The van der Waals surface area contributed by atoms with Crippen LogP contribution in [0.5, 0.6) is 5.88 Å². The Morgan fingerprint density at radius 2 is 1.11 bits per heavy atom. The molecule has 0 spiro atoms. The summed E-state index contributed by atoms with van der Waals surface area (Å²) < 4.78 is 3.94. The van der Waals surface area contributed by atoms with E-state index in [1.165, 1.54) is 22.0 Å². The summed E-state index contributed by atoms with van der Waals surface area (Å²) in [6.45, 7) is 4.97. The molecule has 1 aliphatic carbocycles. The number of aromatic nitrogens is 2. The Bertz CT molecular complexity index is 2040. The van der Waals surface area contributed by atoms with Crippen LogP contribution >= 0.6 is 47.8 Å². The van der Waals surface area contributed by atoms with Crippen LogP contribution in [-0.4, -0.2) is 14.2 Å². The first-order chi connectivity index (χ1) is 22.2. The SMILES string of the molecule is CCCCCCCCn1c(O)c2c(=Nc3ccccc3)c(Br)c3c(=O)n(CCCCCCCC)c(=O)c4c(Br)c(Br)c(c1=O)c2c4-3. The fourth-order valence-corrected chi connectivity index (χ4v) is 8.23. The van der Waals surface area contributed by atoms with Crippen molar-refractivity contribution in [2.24, 2.45) is 4.99 Å². The van der Waals surface area contributed by atoms with Crippen molar-refractivity contribution in [2.45, 2.75) is 104 Å². The van der Waals surface area contributed by atoms with Gasteiger partial charge in [0, 0.05) is 33.0 Å². The molecule has 2 aromatic carbocycles. The third kappa shape index (κ3) is 6.59. The van der Waals surface area contributed by atoms with Crippen LogP contribution < -0.4 is 22.0 Å². The quantitative estimate of drug-likeness (QED) is 0.0842. The number of pyridine rings is 2. The lowest BCUT2D eigenvalue weighted by atomic mass is 9.90. The molecule has 2 aliphatic rings. The second-order valence-electron chi connectivity index (χ2n) is 12.1. The minimum absolute atomic E-state index is 0.220. The highest BCUT2D eigenvalue weighted by Crippen LogP contribution is 2.46. The van der Waals surface area contributed by atoms with Crippen molar-refractivity contribution in [1.29, 1.82) is 0 Å². The van der Waals surface area contributed by atoms with E-state index in [-0.39, 0.29) is 23.5 Å². The second-order valence-corrected chi connectivity index (χ2v) is 14.4. The fourth-order valence-electron chi connectivity index (χ4n) is 6.44. The van der Waals surface area contributed by atoms with Gasteiger partial charge in [-0.15, -0.1) is 0 Å². The highest BCUT2D eigenvalue weighted by molar-refractivity contribution is 9.13. The first kappa shape index (κ1) is 34.8. The van der Waals surface area contributed by atoms with Crippen LogP contribution in [0.25, 0.3) is 32.7 Å². The van der Waals surface area contributed by atoms with Gasteiger partial charge in [0.05, 0.1) is 37.2 Å². The molecule has 0 saturated carbocycles. The molecule has 0 saturated heterocycles. The molecule has 3 aromatic rings. The minimum Gasteiger partial charge on any atom is -0.494 e. The summed E-state index contributed by atoms with van der Waals surface area (Å²) in [4.78, 5) is 47.5. The number of nitrogens with zero attached hydrogens (tertiary/aromatic N) is 3. The van der Waals surface area contributed by atoms with Crippen LogP contribution in [0.3, 0.4) is 0 Å². The summed E-state index contributed by atoms with van der Waals surface area (Å²) >= 11 is 11.0. The molecule has 0 atom stereocenters. The first-order valence-corrected chi connectivity index (χ1v) is 18.8. The Balaban J connectivity index is 1.82. The number of benzene rings is 3. The Morgan fingerprint density at radius 3 is 1.72 bits per heavy atom. The standard InChI is InChI=1S/C36H40Br3N3O4/c1-3-5-7-9-11-16-20-41-33(43)25-23-24-26(30(38)29(25)37)34(44)42(21-17-12-10-8-6-4-2)36(46)28(24)32(31(39)27(23)35(41)45)40-22-18-14-13-15-19-22/h13-15,18-19,46H,3-12,16-17,20-21H2,1-2H3. The van der Waals surface area contributed by atoms with E-state index >= 15 is 0 Å². The lowest BCUT2D eigenvalue weighted by molar-refractivity contribution is 0.406. The molecular weight excluding hydrogens is 778 g/mol. The van der Waals surface area contributed by atoms with Crippen LogP contribution in [0.2, 0.25) is 0 Å². The lowest BCUT2D eigenvalue weighted by Crippen LogP contribution is -2.37. The van der Waals surface area contributed by atoms with Crippen molar-refractivity contribution in [1.82, 2.24) is 9.13 Å². The molecule has 0 unspecified atom stereocenters. The molecule has 0 radical (unpaired) electrons. The summed E-state index contributed by atoms with van der Waals surface area (Å²) in [6.07, 6.45) is 12.3. The van der Waals surface area contributed by atoms with Crippen molar-refractivity contribution in [2.75, 3.05) is 0 Å². The van der Waals surface area contributed by atoms with Crippen molar-refractivity contribution in [3.8, 4) is 17.0 Å². The number of para-hydroxylation sites is 1. The maximum Gasteiger partial charge on any atom is 0.262 e. The van der Waals surface area contributed by atoms with Gasteiger partial charge in [-0.05, 0) is 72.8 Å². The van der Waals surface area contributed by atoms with Gasteiger partial charge in [0.1, 0.15) is 0 Å². The molecule has 7 nitrogen and oxygen atoms in total. The zero-order chi connectivity index (χ0) is 33.0. The maximum atomic E-state index is 14.2. The van der Waals surface area contributed by atoms with Gasteiger partial charge in [0.2, 0.25) is 5.88 Å². The molecule has 0 amide bonds. The summed E-state index contributed by atoms with van der Waals surface area (Å²) in [5, 5.41) is 13.5. The van der Waals surface area contributed by atoms with Crippen molar-refractivity contribution in [3.63, 3.8) is 0 Å². The highest BCUT2D eigenvalue weighted by Gasteiger charge is 2.32. The zero-order valence-electron chi connectivity index (χ0n) is 26.4. The number of hydrogen-bond donors (Lipinski definition) is 1. The monoisotopic (exact) mass is 815 g/mol. The smallest absolute Gasteiger partial charge is 0.262 e. The topological polar surface area (TPSA) is 93.7 Å². The molecule has 1 aromatic heterocycles. The van der Waals surface area contributed by atoms with Crippen molar-refractivity contribution < 1.29 is 5.11 Å². The molecule has 5 rings (SSSR count). The molecule has 1 N–H and O–H groups in total. The van der Waals surface area contributed by atoms with Gasteiger partial charge in [-0.1, -0.05) is 96.3 Å².